The predicted molar refractivity (Wildman–Crippen MR) is 94.7 cm³/mol. The number of nitrogens with zero attached hydrogens (tertiary/aromatic N) is 1. The molecule has 26 heavy (non-hydrogen) atoms. The fourth-order valence-corrected chi connectivity index (χ4v) is 4.40. The maximum atomic E-state index is 13.1. The monoisotopic (exact) mass is 377 g/mol. The molecule has 0 unspecified atom stereocenters. The van der Waals surface area contributed by atoms with Crippen molar-refractivity contribution in [3.8, 4) is 5.75 Å². The summed E-state index contributed by atoms with van der Waals surface area (Å²) in [5.41, 5.74) is 13.1. The Hall–Kier alpha value is -2.78. The number of anilines is 1. The molecule has 4 N–H and O–H groups in total. The number of hydrogen-bond acceptors (Lipinski definition) is 6. The standard InChI is InChI=1S/C17H19N3O5S/c1-24-14-4-6-15(7-5-14)26(22,23)20-10-12-8-13(18)3-2-11(12)9-16(20)25-17(19)21/h2-8,16H,9-10,18H2,1H3,(H2,19,21)/t16-/m1/s1. The molecule has 2 aromatic carbocycles. The van der Waals surface area contributed by atoms with Gasteiger partial charge in [0, 0.05) is 18.7 Å². The molecule has 0 aliphatic carbocycles. The van der Waals surface area contributed by atoms with Gasteiger partial charge in [0.25, 0.3) is 0 Å². The molecule has 1 heterocycles. The second-order valence-electron chi connectivity index (χ2n) is 5.85. The van der Waals surface area contributed by atoms with Gasteiger partial charge in [-0.1, -0.05) is 6.07 Å². The van der Waals surface area contributed by atoms with Gasteiger partial charge < -0.3 is 20.9 Å². The van der Waals surface area contributed by atoms with Gasteiger partial charge in [0.15, 0.2) is 6.23 Å². The Kier molecular flexibility index (Phi) is 4.75. The van der Waals surface area contributed by atoms with Gasteiger partial charge in [-0.25, -0.2) is 13.2 Å². The first-order valence-electron chi connectivity index (χ1n) is 7.80. The van der Waals surface area contributed by atoms with Gasteiger partial charge in [0.05, 0.1) is 12.0 Å². The fraction of sp³-hybridized carbons (Fsp3) is 0.235. The summed E-state index contributed by atoms with van der Waals surface area (Å²) in [5, 5.41) is 0. The molecule has 0 radical (unpaired) electrons. The molecule has 3 rings (SSSR count). The van der Waals surface area contributed by atoms with Crippen LogP contribution in [0.15, 0.2) is 47.4 Å². The average molecular weight is 377 g/mol. The summed E-state index contributed by atoms with van der Waals surface area (Å²) in [6.45, 7) is 0.0205. The summed E-state index contributed by atoms with van der Waals surface area (Å²) in [7, 11) is -2.44. The van der Waals surface area contributed by atoms with Crippen molar-refractivity contribution in [2.24, 2.45) is 5.73 Å². The number of nitrogens with two attached hydrogens (primary N) is 2. The molecule has 1 aliphatic rings. The van der Waals surface area contributed by atoms with Crippen LogP contribution in [0.4, 0.5) is 10.5 Å². The van der Waals surface area contributed by atoms with E-state index in [9.17, 15) is 13.2 Å². The van der Waals surface area contributed by atoms with E-state index in [2.05, 4.69) is 0 Å². The van der Waals surface area contributed by atoms with Crippen LogP contribution in [0.5, 0.6) is 5.75 Å². The van der Waals surface area contributed by atoms with Crippen molar-refractivity contribution in [3.05, 3.63) is 53.6 Å². The van der Waals surface area contributed by atoms with Crippen LogP contribution >= 0.6 is 0 Å². The molecule has 8 nitrogen and oxygen atoms in total. The van der Waals surface area contributed by atoms with Crippen LogP contribution in [0.1, 0.15) is 11.1 Å². The average Bonchev–Trinajstić information content (AvgIpc) is 2.61. The van der Waals surface area contributed by atoms with Gasteiger partial charge in [-0.15, -0.1) is 0 Å². The summed E-state index contributed by atoms with van der Waals surface area (Å²) >= 11 is 0. The first kappa shape index (κ1) is 18.0. The Morgan fingerprint density at radius 3 is 2.46 bits per heavy atom. The first-order valence-corrected chi connectivity index (χ1v) is 9.24. The maximum Gasteiger partial charge on any atom is 0.406 e. The number of sulfonamides is 1. The molecule has 0 saturated heterocycles. The Balaban J connectivity index is 2.01. The molecule has 0 aromatic heterocycles. The second kappa shape index (κ2) is 6.85. The van der Waals surface area contributed by atoms with Crippen molar-refractivity contribution >= 4 is 21.8 Å². The number of rotatable bonds is 4. The van der Waals surface area contributed by atoms with Crippen LogP contribution in [0, 0.1) is 0 Å². The number of nitrogen functional groups attached to an aromatic ring is 1. The van der Waals surface area contributed by atoms with Crippen molar-refractivity contribution in [2.45, 2.75) is 24.1 Å². The minimum absolute atomic E-state index is 0.0205. The summed E-state index contributed by atoms with van der Waals surface area (Å²) in [5.74, 6) is 0.533. The first-order chi connectivity index (χ1) is 12.3. The number of methoxy groups -OCH3 is 1. The predicted octanol–water partition coefficient (Wildman–Crippen LogP) is 1.45. The van der Waals surface area contributed by atoms with E-state index in [-0.39, 0.29) is 17.9 Å². The highest BCUT2D eigenvalue weighted by molar-refractivity contribution is 7.89. The number of ether oxygens (including phenoxy) is 2. The van der Waals surface area contributed by atoms with E-state index in [0.29, 0.717) is 11.4 Å². The highest BCUT2D eigenvalue weighted by Gasteiger charge is 2.37. The topological polar surface area (TPSA) is 125 Å². The summed E-state index contributed by atoms with van der Waals surface area (Å²) in [4.78, 5) is 11.3. The van der Waals surface area contributed by atoms with E-state index in [1.165, 1.54) is 19.2 Å². The molecule has 1 atom stereocenters. The van der Waals surface area contributed by atoms with Crippen LogP contribution in [-0.2, 0) is 27.7 Å². The minimum Gasteiger partial charge on any atom is -0.497 e. The number of fused-ring (bicyclic) bond motifs is 1. The van der Waals surface area contributed by atoms with E-state index in [1.807, 2.05) is 0 Å². The van der Waals surface area contributed by atoms with E-state index in [0.717, 1.165) is 15.4 Å². The van der Waals surface area contributed by atoms with Crippen LogP contribution in [0.3, 0.4) is 0 Å². The zero-order valence-corrected chi connectivity index (χ0v) is 14.9. The van der Waals surface area contributed by atoms with E-state index >= 15 is 0 Å². The highest BCUT2D eigenvalue weighted by atomic mass is 32.2. The highest BCUT2D eigenvalue weighted by Crippen LogP contribution is 2.31. The quantitative estimate of drug-likeness (QED) is 0.777. The van der Waals surface area contributed by atoms with E-state index < -0.39 is 22.3 Å². The Bertz CT molecular complexity index is 928. The smallest absolute Gasteiger partial charge is 0.406 e. The lowest BCUT2D eigenvalue weighted by Crippen LogP contribution is -2.47. The molecule has 1 aliphatic heterocycles. The van der Waals surface area contributed by atoms with Crippen LogP contribution in [0.2, 0.25) is 0 Å². The third-order valence-electron chi connectivity index (χ3n) is 4.19. The lowest BCUT2D eigenvalue weighted by molar-refractivity contribution is 0.0273. The van der Waals surface area contributed by atoms with Crippen molar-refractivity contribution < 1.29 is 22.7 Å². The number of primary amides is 1. The minimum atomic E-state index is -3.93. The maximum absolute atomic E-state index is 13.1. The largest absolute Gasteiger partial charge is 0.497 e. The third kappa shape index (κ3) is 3.44. The summed E-state index contributed by atoms with van der Waals surface area (Å²) in [6, 6.07) is 11.2. The molecule has 9 heteroatoms. The van der Waals surface area contributed by atoms with Gasteiger partial charge in [-0.3, -0.25) is 0 Å². The number of hydrogen-bond donors (Lipinski definition) is 2. The number of carbonyl (C=O) groups is 1. The van der Waals surface area contributed by atoms with Gasteiger partial charge in [-0.2, -0.15) is 4.31 Å². The van der Waals surface area contributed by atoms with Crippen molar-refractivity contribution in [1.29, 1.82) is 0 Å². The molecule has 0 bridgehead atoms. The molecular weight excluding hydrogens is 358 g/mol. The zero-order chi connectivity index (χ0) is 18.9. The summed E-state index contributed by atoms with van der Waals surface area (Å²) < 4.78 is 37.4. The number of carbonyl (C=O) groups excluding carboxylic acids is 1. The SMILES string of the molecule is COc1ccc(S(=O)(=O)N2Cc3cc(N)ccc3C[C@H]2OC(N)=O)cc1. The zero-order valence-electron chi connectivity index (χ0n) is 14.1. The molecule has 0 spiro atoms. The molecule has 0 fully saturated rings. The number of amides is 1. The second-order valence-corrected chi connectivity index (χ2v) is 7.74. The fourth-order valence-electron chi connectivity index (χ4n) is 2.91. The Morgan fingerprint density at radius 1 is 1.15 bits per heavy atom. The van der Waals surface area contributed by atoms with E-state index in [4.69, 9.17) is 20.9 Å². The lowest BCUT2D eigenvalue weighted by Gasteiger charge is -2.34. The normalized spacial score (nSPS) is 17.3. The van der Waals surface area contributed by atoms with E-state index in [1.54, 1.807) is 30.3 Å². The molecule has 1 amide bonds. The Labute approximate surface area is 151 Å². The number of benzene rings is 2. The van der Waals surface area contributed by atoms with Crippen molar-refractivity contribution in [2.75, 3.05) is 12.8 Å². The van der Waals surface area contributed by atoms with Crippen LogP contribution < -0.4 is 16.2 Å². The molecule has 138 valence electrons. The van der Waals surface area contributed by atoms with Gasteiger partial charge >= 0.3 is 6.09 Å². The van der Waals surface area contributed by atoms with Gasteiger partial charge in [0.1, 0.15) is 5.75 Å². The van der Waals surface area contributed by atoms with Crippen LogP contribution in [-0.4, -0.2) is 32.2 Å². The van der Waals surface area contributed by atoms with Crippen molar-refractivity contribution in [3.63, 3.8) is 0 Å². The Morgan fingerprint density at radius 2 is 1.85 bits per heavy atom. The van der Waals surface area contributed by atoms with Gasteiger partial charge in [-0.05, 0) is 47.5 Å². The molecular formula is C17H19N3O5S. The van der Waals surface area contributed by atoms with Crippen LogP contribution in [0.25, 0.3) is 0 Å². The molecule has 2 aromatic rings. The molecule has 0 saturated carbocycles. The van der Waals surface area contributed by atoms with Crippen molar-refractivity contribution in [1.82, 2.24) is 4.31 Å². The van der Waals surface area contributed by atoms with Gasteiger partial charge in [0.2, 0.25) is 10.0 Å². The third-order valence-corrected chi connectivity index (χ3v) is 6.04. The summed E-state index contributed by atoms with van der Waals surface area (Å²) in [6.07, 6.45) is -1.88. The lowest BCUT2D eigenvalue weighted by atomic mass is 9.99.